The Morgan fingerprint density at radius 2 is 2.00 bits per heavy atom. The molecule has 2 N–H and O–H groups in total. The van der Waals surface area contributed by atoms with Crippen molar-refractivity contribution in [1.82, 2.24) is 9.97 Å². The van der Waals surface area contributed by atoms with E-state index in [-0.39, 0.29) is 6.04 Å². The SMILES string of the molecule is CC(C)C(N)c1cnc(C2CC2)cn1. The minimum atomic E-state index is 0.00996. The molecule has 0 radical (unpaired) electrons. The fourth-order valence-electron chi connectivity index (χ4n) is 1.45. The Morgan fingerprint density at radius 3 is 2.43 bits per heavy atom. The van der Waals surface area contributed by atoms with E-state index in [0.717, 1.165) is 11.4 Å². The summed E-state index contributed by atoms with van der Waals surface area (Å²) in [4.78, 5) is 8.78. The zero-order valence-corrected chi connectivity index (χ0v) is 8.77. The molecule has 1 heterocycles. The van der Waals surface area contributed by atoms with Gasteiger partial charge in [0.1, 0.15) is 0 Å². The summed E-state index contributed by atoms with van der Waals surface area (Å²) in [5.41, 5.74) is 8.01. The highest BCUT2D eigenvalue weighted by Crippen LogP contribution is 2.38. The lowest BCUT2D eigenvalue weighted by molar-refractivity contribution is 0.501. The number of nitrogens with zero attached hydrogens (tertiary/aromatic N) is 2. The Balaban J connectivity index is 2.12. The number of hydrogen-bond acceptors (Lipinski definition) is 3. The lowest BCUT2D eigenvalue weighted by Gasteiger charge is -2.14. The molecule has 1 saturated carbocycles. The van der Waals surface area contributed by atoms with Crippen LogP contribution >= 0.6 is 0 Å². The van der Waals surface area contributed by atoms with Gasteiger partial charge in [0.15, 0.2) is 0 Å². The van der Waals surface area contributed by atoms with Crippen molar-refractivity contribution >= 4 is 0 Å². The molecule has 0 saturated heterocycles. The highest BCUT2D eigenvalue weighted by molar-refractivity contribution is 5.14. The zero-order chi connectivity index (χ0) is 10.1. The Hall–Kier alpha value is -0.960. The second-order valence-corrected chi connectivity index (χ2v) is 4.41. The average molecular weight is 191 g/mol. The highest BCUT2D eigenvalue weighted by atomic mass is 14.8. The van der Waals surface area contributed by atoms with E-state index in [9.17, 15) is 0 Å². The topological polar surface area (TPSA) is 51.8 Å². The standard InChI is InChI=1S/C11H17N3/c1-7(2)11(12)10-6-13-9(5-14-10)8-3-4-8/h5-8,11H,3-4,12H2,1-2H3. The maximum atomic E-state index is 5.98. The van der Waals surface area contributed by atoms with Gasteiger partial charge in [0.05, 0.1) is 23.6 Å². The van der Waals surface area contributed by atoms with E-state index in [1.807, 2.05) is 12.4 Å². The third-order valence-electron chi connectivity index (χ3n) is 2.75. The summed E-state index contributed by atoms with van der Waals surface area (Å²) in [6.45, 7) is 4.20. The lowest BCUT2D eigenvalue weighted by Crippen LogP contribution is -2.18. The van der Waals surface area contributed by atoms with Crippen LogP contribution < -0.4 is 5.73 Å². The fourth-order valence-corrected chi connectivity index (χ4v) is 1.45. The lowest BCUT2D eigenvalue weighted by atomic mass is 10.0. The van der Waals surface area contributed by atoms with Gasteiger partial charge < -0.3 is 5.73 Å². The van der Waals surface area contributed by atoms with Crippen LogP contribution in [0.15, 0.2) is 12.4 Å². The molecule has 76 valence electrons. The molecular formula is C11H17N3. The first kappa shape index (κ1) is 9.59. The van der Waals surface area contributed by atoms with Crippen molar-refractivity contribution in [3.63, 3.8) is 0 Å². The summed E-state index contributed by atoms with van der Waals surface area (Å²) in [5.74, 6) is 1.09. The van der Waals surface area contributed by atoms with Crippen molar-refractivity contribution in [2.24, 2.45) is 11.7 Å². The molecule has 1 unspecified atom stereocenters. The van der Waals surface area contributed by atoms with Gasteiger partial charge in [-0.2, -0.15) is 0 Å². The van der Waals surface area contributed by atoms with Gasteiger partial charge in [0.25, 0.3) is 0 Å². The summed E-state index contributed by atoms with van der Waals surface area (Å²) >= 11 is 0. The molecule has 1 fully saturated rings. The smallest absolute Gasteiger partial charge is 0.0756 e. The van der Waals surface area contributed by atoms with Crippen LogP contribution in [0.25, 0.3) is 0 Å². The Bertz CT molecular complexity index is 301. The fraction of sp³-hybridized carbons (Fsp3) is 0.636. The molecular weight excluding hydrogens is 174 g/mol. The summed E-state index contributed by atoms with van der Waals surface area (Å²) < 4.78 is 0. The molecule has 0 spiro atoms. The zero-order valence-electron chi connectivity index (χ0n) is 8.77. The van der Waals surface area contributed by atoms with E-state index in [1.54, 1.807) is 0 Å². The van der Waals surface area contributed by atoms with Crippen molar-refractivity contribution in [3.8, 4) is 0 Å². The van der Waals surface area contributed by atoms with Crippen molar-refractivity contribution < 1.29 is 0 Å². The normalized spacial score (nSPS) is 18.6. The molecule has 2 rings (SSSR count). The van der Waals surface area contributed by atoms with Crippen LogP contribution in [-0.4, -0.2) is 9.97 Å². The number of rotatable bonds is 3. The summed E-state index contributed by atoms with van der Waals surface area (Å²) in [5, 5.41) is 0. The molecule has 0 bridgehead atoms. The van der Waals surface area contributed by atoms with E-state index in [4.69, 9.17) is 5.73 Å². The van der Waals surface area contributed by atoms with Gasteiger partial charge in [-0.25, -0.2) is 0 Å². The number of aromatic nitrogens is 2. The third-order valence-corrected chi connectivity index (χ3v) is 2.75. The molecule has 3 nitrogen and oxygen atoms in total. The maximum Gasteiger partial charge on any atom is 0.0756 e. The molecule has 1 aromatic heterocycles. The minimum absolute atomic E-state index is 0.00996. The van der Waals surface area contributed by atoms with E-state index < -0.39 is 0 Å². The van der Waals surface area contributed by atoms with Crippen LogP contribution in [0.5, 0.6) is 0 Å². The van der Waals surface area contributed by atoms with Crippen molar-refractivity contribution in [2.45, 2.75) is 38.6 Å². The monoisotopic (exact) mass is 191 g/mol. The first-order valence-electron chi connectivity index (χ1n) is 5.26. The van der Waals surface area contributed by atoms with Crippen LogP contribution in [0, 0.1) is 5.92 Å². The minimum Gasteiger partial charge on any atom is -0.322 e. The molecule has 0 aromatic carbocycles. The second-order valence-electron chi connectivity index (χ2n) is 4.41. The first-order chi connectivity index (χ1) is 6.68. The molecule has 1 aliphatic rings. The van der Waals surface area contributed by atoms with Gasteiger partial charge >= 0.3 is 0 Å². The van der Waals surface area contributed by atoms with Gasteiger partial charge in [-0.05, 0) is 18.8 Å². The van der Waals surface area contributed by atoms with E-state index in [2.05, 4.69) is 23.8 Å². The summed E-state index contributed by atoms with van der Waals surface area (Å²) in [6.07, 6.45) is 6.25. The van der Waals surface area contributed by atoms with Gasteiger partial charge in [-0.15, -0.1) is 0 Å². The first-order valence-corrected chi connectivity index (χ1v) is 5.26. The summed E-state index contributed by atoms with van der Waals surface area (Å²) in [7, 11) is 0. The van der Waals surface area contributed by atoms with Gasteiger partial charge in [0, 0.05) is 12.1 Å². The molecule has 14 heavy (non-hydrogen) atoms. The van der Waals surface area contributed by atoms with Crippen molar-refractivity contribution in [3.05, 3.63) is 23.8 Å². The quantitative estimate of drug-likeness (QED) is 0.795. The Kier molecular flexibility index (Phi) is 2.50. The van der Waals surface area contributed by atoms with Gasteiger partial charge in [-0.3, -0.25) is 9.97 Å². The van der Waals surface area contributed by atoms with Crippen LogP contribution in [0.2, 0.25) is 0 Å². The van der Waals surface area contributed by atoms with Crippen LogP contribution in [0.4, 0.5) is 0 Å². The largest absolute Gasteiger partial charge is 0.322 e. The number of nitrogens with two attached hydrogens (primary N) is 1. The van der Waals surface area contributed by atoms with Crippen LogP contribution in [0.1, 0.15) is 50.0 Å². The van der Waals surface area contributed by atoms with Gasteiger partial charge in [0.2, 0.25) is 0 Å². The third kappa shape index (κ3) is 1.93. The molecule has 3 heteroatoms. The van der Waals surface area contributed by atoms with E-state index in [0.29, 0.717) is 11.8 Å². The molecule has 0 aliphatic heterocycles. The highest BCUT2D eigenvalue weighted by Gasteiger charge is 2.25. The summed E-state index contributed by atoms with van der Waals surface area (Å²) in [6, 6.07) is 0.00996. The molecule has 1 atom stereocenters. The van der Waals surface area contributed by atoms with Crippen molar-refractivity contribution in [1.29, 1.82) is 0 Å². The van der Waals surface area contributed by atoms with E-state index in [1.165, 1.54) is 12.8 Å². The molecule has 0 amide bonds. The Morgan fingerprint density at radius 1 is 1.29 bits per heavy atom. The molecule has 1 aliphatic carbocycles. The van der Waals surface area contributed by atoms with Crippen LogP contribution in [-0.2, 0) is 0 Å². The Labute approximate surface area is 84.8 Å². The van der Waals surface area contributed by atoms with Crippen LogP contribution in [0.3, 0.4) is 0 Å². The average Bonchev–Trinajstić information content (AvgIpc) is 3.00. The number of hydrogen-bond donors (Lipinski definition) is 1. The van der Waals surface area contributed by atoms with Gasteiger partial charge in [-0.1, -0.05) is 13.8 Å². The van der Waals surface area contributed by atoms with E-state index >= 15 is 0 Å². The predicted molar refractivity (Wildman–Crippen MR) is 55.8 cm³/mol. The molecule has 1 aromatic rings. The predicted octanol–water partition coefficient (Wildman–Crippen LogP) is 2.01. The second kappa shape index (κ2) is 3.65. The van der Waals surface area contributed by atoms with Crippen molar-refractivity contribution in [2.75, 3.05) is 0 Å². The maximum absolute atomic E-state index is 5.98.